The van der Waals surface area contributed by atoms with Crippen LogP contribution in [0.1, 0.15) is 41.5 Å². The molecule has 0 aromatic heterocycles. The van der Waals surface area contributed by atoms with Gasteiger partial charge in [-0.15, -0.1) is 6.42 Å². The lowest BCUT2D eigenvalue weighted by Gasteiger charge is -2.31. The van der Waals surface area contributed by atoms with Crippen molar-refractivity contribution < 1.29 is 14.3 Å². The summed E-state index contributed by atoms with van der Waals surface area (Å²) >= 11 is 0. The molecule has 0 radical (unpaired) electrons. The minimum Gasteiger partial charge on any atom is -0.444 e. The number of nitrogens with one attached hydrogen (secondary N) is 2. The van der Waals surface area contributed by atoms with Crippen LogP contribution >= 0.6 is 0 Å². The van der Waals surface area contributed by atoms with Crippen LogP contribution in [0.4, 0.5) is 4.79 Å². The first-order valence-corrected chi connectivity index (χ1v) is 6.18. The van der Waals surface area contributed by atoms with Gasteiger partial charge in [-0.1, -0.05) is 26.7 Å². The van der Waals surface area contributed by atoms with E-state index >= 15 is 0 Å². The molecular formula is C14H24N2O3. The van der Waals surface area contributed by atoms with Gasteiger partial charge in [-0.25, -0.2) is 4.79 Å². The molecule has 0 unspecified atom stereocenters. The third kappa shape index (κ3) is 7.35. The Labute approximate surface area is 115 Å². The summed E-state index contributed by atoms with van der Waals surface area (Å²) in [5.74, 6) is 2.00. The predicted molar refractivity (Wildman–Crippen MR) is 74.5 cm³/mol. The zero-order valence-corrected chi connectivity index (χ0v) is 12.6. The molecule has 0 aliphatic carbocycles. The van der Waals surface area contributed by atoms with Gasteiger partial charge in [-0.2, -0.15) is 0 Å². The normalized spacial score (nSPS) is 13.1. The van der Waals surface area contributed by atoms with Gasteiger partial charge in [0.05, 0.1) is 6.54 Å². The van der Waals surface area contributed by atoms with Crippen molar-refractivity contribution >= 4 is 12.0 Å². The number of alkyl carbamates (subject to hydrolysis) is 1. The van der Waals surface area contributed by atoms with E-state index in [-0.39, 0.29) is 12.5 Å². The van der Waals surface area contributed by atoms with Gasteiger partial charge >= 0.3 is 6.09 Å². The summed E-state index contributed by atoms with van der Waals surface area (Å²) < 4.78 is 5.15. The monoisotopic (exact) mass is 268 g/mol. The van der Waals surface area contributed by atoms with Crippen LogP contribution in [-0.2, 0) is 9.53 Å². The lowest BCUT2D eigenvalue weighted by Crippen LogP contribution is -2.54. The second kappa shape index (κ2) is 6.46. The van der Waals surface area contributed by atoms with Crippen molar-refractivity contribution in [2.45, 2.75) is 53.2 Å². The second-order valence-corrected chi connectivity index (χ2v) is 6.37. The summed E-state index contributed by atoms with van der Waals surface area (Å²) in [4.78, 5) is 23.7. The van der Waals surface area contributed by atoms with E-state index in [0.717, 1.165) is 0 Å². The number of hydrogen-bond donors (Lipinski definition) is 2. The third-order valence-corrected chi connectivity index (χ3v) is 2.15. The van der Waals surface area contributed by atoms with Gasteiger partial charge in [0.25, 0.3) is 0 Å². The summed E-state index contributed by atoms with van der Waals surface area (Å²) in [7, 11) is 0. The molecule has 19 heavy (non-hydrogen) atoms. The zero-order chi connectivity index (χ0) is 15.3. The Morgan fingerprint density at radius 1 is 1.21 bits per heavy atom. The van der Waals surface area contributed by atoms with Gasteiger partial charge in [0, 0.05) is 0 Å². The highest BCUT2D eigenvalue weighted by molar-refractivity contribution is 5.86. The molecule has 0 aliphatic rings. The number of rotatable bonds is 3. The lowest BCUT2D eigenvalue weighted by molar-refractivity contribution is -0.125. The molecule has 0 aromatic carbocycles. The molecule has 5 nitrogen and oxygen atoms in total. The largest absolute Gasteiger partial charge is 0.444 e. The van der Waals surface area contributed by atoms with Gasteiger partial charge in [-0.05, 0) is 26.2 Å². The quantitative estimate of drug-likeness (QED) is 0.765. The van der Waals surface area contributed by atoms with Crippen LogP contribution < -0.4 is 10.6 Å². The number of terminal acetylenes is 1. The maximum absolute atomic E-state index is 12.0. The van der Waals surface area contributed by atoms with E-state index < -0.39 is 23.2 Å². The van der Waals surface area contributed by atoms with Crippen LogP contribution in [0.25, 0.3) is 0 Å². The molecule has 5 heteroatoms. The molecule has 1 atom stereocenters. The van der Waals surface area contributed by atoms with Crippen molar-refractivity contribution in [3.8, 4) is 12.3 Å². The van der Waals surface area contributed by atoms with Gasteiger partial charge in [0.15, 0.2) is 0 Å². The minimum absolute atomic E-state index is 0.126. The van der Waals surface area contributed by atoms with Gasteiger partial charge < -0.3 is 15.4 Å². The van der Waals surface area contributed by atoms with E-state index in [1.807, 2.05) is 20.8 Å². The molecule has 2 N–H and O–H groups in total. The fourth-order valence-corrected chi connectivity index (χ4v) is 1.34. The molecule has 2 amide bonds. The van der Waals surface area contributed by atoms with Crippen LogP contribution in [0.5, 0.6) is 0 Å². The van der Waals surface area contributed by atoms with Crippen molar-refractivity contribution in [1.82, 2.24) is 10.6 Å². The van der Waals surface area contributed by atoms with Crippen molar-refractivity contribution in [2.75, 3.05) is 6.54 Å². The lowest BCUT2D eigenvalue weighted by atomic mass is 9.86. The van der Waals surface area contributed by atoms with E-state index in [1.54, 1.807) is 20.8 Å². The van der Waals surface area contributed by atoms with Crippen molar-refractivity contribution in [2.24, 2.45) is 5.41 Å². The van der Waals surface area contributed by atoms with Crippen LogP contribution in [0.15, 0.2) is 0 Å². The molecule has 0 heterocycles. The molecule has 0 spiro atoms. The maximum atomic E-state index is 12.0. The van der Waals surface area contributed by atoms with E-state index in [2.05, 4.69) is 16.6 Å². The molecule has 0 saturated heterocycles. The number of hydrogen-bond acceptors (Lipinski definition) is 3. The summed E-state index contributed by atoms with van der Waals surface area (Å²) in [6.45, 7) is 11.0. The highest BCUT2D eigenvalue weighted by Gasteiger charge is 2.33. The van der Waals surface area contributed by atoms with Crippen LogP contribution in [0.3, 0.4) is 0 Å². The third-order valence-electron chi connectivity index (χ3n) is 2.15. The van der Waals surface area contributed by atoms with Gasteiger partial charge in [-0.3, -0.25) is 4.79 Å². The molecule has 0 rings (SSSR count). The van der Waals surface area contributed by atoms with Crippen molar-refractivity contribution in [1.29, 1.82) is 0 Å². The van der Waals surface area contributed by atoms with Crippen LogP contribution in [0, 0.1) is 17.8 Å². The fourth-order valence-electron chi connectivity index (χ4n) is 1.34. The number of ether oxygens (including phenoxy) is 1. The molecule has 0 saturated carbocycles. The molecule has 0 fully saturated rings. The minimum atomic E-state index is -0.712. The standard InChI is InChI=1S/C14H24N2O3/c1-8-9-15-11(17)10(13(2,3)4)16-12(18)19-14(5,6)7/h1,10H,9H2,2-7H3,(H,15,17)(H,16,18)/t10-/m1/s1. The second-order valence-electron chi connectivity index (χ2n) is 6.37. The molecule has 0 bridgehead atoms. The summed E-state index contributed by atoms with van der Waals surface area (Å²) in [6, 6.07) is -0.712. The maximum Gasteiger partial charge on any atom is 0.408 e. The van der Waals surface area contributed by atoms with E-state index in [4.69, 9.17) is 11.2 Å². The van der Waals surface area contributed by atoms with Crippen LogP contribution in [0.2, 0.25) is 0 Å². The fraction of sp³-hybridized carbons (Fsp3) is 0.714. The molecular weight excluding hydrogens is 244 g/mol. The average Bonchev–Trinajstić information content (AvgIpc) is 2.18. The Balaban J connectivity index is 4.76. The Kier molecular flexibility index (Phi) is 5.88. The average molecular weight is 268 g/mol. The van der Waals surface area contributed by atoms with Gasteiger partial charge in [0.1, 0.15) is 11.6 Å². The molecule has 108 valence electrons. The summed E-state index contributed by atoms with van der Waals surface area (Å²) in [6.07, 6.45) is 4.47. The number of carbonyl (C=O) groups is 2. The Morgan fingerprint density at radius 3 is 2.11 bits per heavy atom. The summed E-state index contributed by atoms with van der Waals surface area (Å²) in [5, 5.41) is 5.14. The van der Waals surface area contributed by atoms with Gasteiger partial charge in [0.2, 0.25) is 5.91 Å². The van der Waals surface area contributed by atoms with E-state index in [0.29, 0.717) is 0 Å². The first-order chi connectivity index (χ1) is 8.47. The number of carbonyl (C=O) groups excluding carboxylic acids is 2. The Bertz CT molecular complexity index is 370. The highest BCUT2D eigenvalue weighted by Crippen LogP contribution is 2.20. The smallest absolute Gasteiger partial charge is 0.408 e. The van der Waals surface area contributed by atoms with Crippen molar-refractivity contribution in [3.63, 3.8) is 0 Å². The van der Waals surface area contributed by atoms with E-state index in [9.17, 15) is 9.59 Å². The van der Waals surface area contributed by atoms with Crippen molar-refractivity contribution in [3.05, 3.63) is 0 Å². The summed E-state index contributed by atoms with van der Waals surface area (Å²) in [5.41, 5.74) is -1.06. The topological polar surface area (TPSA) is 67.4 Å². The number of amides is 2. The Morgan fingerprint density at radius 2 is 1.74 bits per heavy atom. The SMILES string of the molecule is C#CCNC(=O)[C@@H](NC(=O)OC(C)(C)C)C(C)(C)C. The first kappa shape index (κ1) is 17.3. The zero-order valence-electron chi connectivity index (χ0n) is 12.6. The Hall–Kier alpha value is -1.70. The predicted octanol–water partition coefficient (Wildman–Crippen LogP) is 1.68. The molecule has 0 aromatic rings. The first-order valence-electron chi connectivity index (χ1n) is 6.18. The van der Waals surface area contributed by atoms with E-state index in [1.165, 1.54) is 0 Å². The highest BCUT2D eigenvalue weighted by atomic mass is 16.6. The van der Waals surface area contributed by atoms with Crippen LogP contribution in [-0.4, -0.2) is 30.2 Å². The molecule has 0 aliphatic heterocycles.